The summed E-state index contributed by atoms with van der Waals surface area (Å²) >= 11 is 0. The van der Waals surface area contributed by atoms with Crippen molar-refractivity contribution < 1.29 is 4.74 Å². The Kier molecular flexibility index (Phi) is 3.91. The first-order valence-electron chi connectivity index (χ1n) is 11.2. The highest BCUT2D eigenvalue weighted by Crippen LogP contribution is 2.45. The highest BCUT2D eigenvalue weighted by atomic mass is 16.5. The zero-order chi connectivity index (χ0) is 21.8. The normalized spacial score (nSPS) is 13.2. The molecule has 3 nitrogen and oxygen atoms in total. The van der Waals surface area contributed by atoms with Crippen LogP contribution in [-0.4, -0.2) is 9.55 Å². The molecule has 3 heteroatoms. The summed E-state index contributed by atoms with van der Waals surface area (Å²) in [5, 5.41) is 5.01. The third-order valence-corrected chi connectivity index (χ3v) is 6.58. The summed E-state index contributed by atoms with van der Waals surface area (Å²) in [5.74, 6) is 0. The molecule has 0 amide bonds. The van der Waals surface area contributed by atoms with Gasteiger partial charge in [-0.15, -0.1) is 0 Å². The lowest BCUT2D eigenvalue weighted by molar-refractivity contribution is 0.234. The van der Waals surface area contributed by atoms with Gasteiger partial charge in [-0.25, -0.2) is 0 Å². The predicted octanol–water partition coefficient (Wildman–Crippen LogP) is 7.25. The Morgan fingerprint density at radius 3 is 2.24 bits per heavy atom. The highest BCUT2D eigenvalue weighted by molar-refractivity contribution is 6.24. The second-order valence-electron chi connectivity index (χ2n) is 8.37. The van der Waals surface area contributed by atoms with Crippen molar-refractivity contribution in [2.45, 2.75) is 6.61 Å². The van der Waals surface area contributed by atoms with Crippen LogP contribution in [0.5, 0.6) is 0 Å². The first kappa shape index (κ1) is 18.2. The van der Waals surface area contributed by atoms with E-state index in [1.807, 2.05) is 24.6 Å². The van der Waals surface area contributed by atoms with Gasteiger partial charge in [-0.05, 0) is 41.1 Å². The van der Waals surface area contributed by atoms with Gasteiger partial charge in [-0.3, -0.25) is 4.98 Å². The molecule has 156 valence electrons. The van der Waals surface area contributed by atoms with Crippen molar-refractivity contribution in [1.29, 1.82) is 0 Å². The van der Waals surface area contributed by atoms with Crippen LogP contribution in [0.15, 0.2) is 110 Å². The summed E-state index contributed by atoms with van der Waals surface area (Å²) in [5.41, 5.74) is 7.92. The molecular weight excluding hydrogens is 404 g/mol. The molecule has 7 rings (SSSR count). The molecule has 3 heterocycles. The molecule has 0 saturated heterocycles. The molecule has 33 heavy (non-hydrogen) atoms. The first-order chi connectivity index (χ1) is 16.4. The Bertz CT molecular complexity index is 1700. The fourth-order valence-electron chi connectivity index (χ4n) is 5.27. The smallest absolute Gasteiger partial charge is 0.115 e. The molecule has 1 aliphatic heterocycles. The zero-order valence-corrected chi connectivity index (χ0v) is 17.9. The van der Waals surface area contributed by atoms with E-state index in [1.54, 1.807) is 0 Å². The molecular formula is C30H20N2O. The third kappa shape index (κ3) is 2.60. The quantitative estimate of drug-likeness (QED) is 0.293. The van der Waals surface area contributed by atoms with Crippen LogP contribution in [0, 0.1) is 0 Å². The van der Waals surface area contributed by atoms with Gasteiger partial charge in [0.05, 0.1) is 23.0 Å². The zero-order valence-electron chi connectivity index (χ0n) is 17.9. The van der Waals surface area contributed by atoms with Crippen LogP contribution in [0.25, 0.3) is 43.8 Å². The summed E-state index contributed by atoms with van der Waals surface area (Å²) in [6.45, 7) is 0.524. The van der Waals surface area contributed by atoms with Gasteiger partial charge < -0.3 is 9.30 Å². The Morgan fingerprint density at radius 2 is 1.42 bits per heavy atom. The van der Waals surface area contributed by atoms with Gasteiger partial charge >= 0.3 is 0 Å². The second kappa shape index (κ2) is 7.07. The van der Waals surface area contributed by atoms with Crippen LogP contribution in [0.1, 0.15) is 16.8 Å². The lowest BCUT2D eigenvalue weighted by atomic mass is 9.88. The minimum Gasteiger partial charge on any atom is -0.496 e. The van der Waals surface area contributed by atoms with Crippen LogP contribution >= 0.6 is 0 Å². The summed E-state index contributed by atoms with van der Waals surface area (Å²) in [4.78, 5) is 4.66. The number of benzene rings is 4. The number of ether oxygens (including phenoxy) is 1. The van der Waals surface area contributed by atoms with Crippen LogP contribution in [0.4, 0.5) is 0 Å². The topological polar surface area (TPSA) is 27.1 Å². The molecule has 0 bridgehead atoms. The largest absolute Gasteiger partial charge is 0.496 e. The highest BCUT2D eigenvalue weighted by Gasteiger charge is 2.26. The summed E-state index contributed by atoms with van der Waals surface area (Å²) in [7, 11) is 0. The SMILES string of the molecule is C1=C(c2ccccn2)c2c(c3c(c4ccccc24)c2ccccc2n3-c2ccccc2)CO1. The predicted molar refractivity (Wildman–Crippen MR) is 134 cm³/mol. The molecule has 0 saturated carbocycles. The molecule has 0 aliphatic carbocycles. The lowest BCUT2D eigenvalue weighted by Gasteiger charge is -2.23. The molecule has 0 unspecified atom stereocenters. The maximum absolute atomic E-state index is 6.09. The van der Waals surface area contributed by atoms with E-state index in [9.17, 15) is 0 Å². The summed E-state index contributed by atoms with van der Waals surface area (Å²) in [6.07, 6.45) is 3.71. The molecule has 0 atom stereocenters. The van der Waals surface area contributed by atoms with Gasteiger partial charge in [0.1, 0.15) is 6.61 Å². The maximum atomic E-state index is 6.09. The van der Waals surface area contributed by atoms with Gasteiger partial charge in [-0.1, -0.05) is 66.7 Å². The van der Waals surface area contributed by atoms with Crippen molar-refractivity contribution in [1.82, 2.24) is 9.55 Å². The van der Waals surface area contributed by atoms with Crippen LogP contribution in [0.3, 0.4) is 0 Å². The number of rotatable bonds is 2. The molecule has 4 aromatic carbocycles. The Morgan fingerprint density at radius 1 is 0.697 bits per heavy atom. The summed E-state index contributed by atoms with van der Waals surface area (Å²) in [6, 6.07) is 34.0. The molecule has 1 aliphatic rings. The molecule has 6 aromatic rings. The Hall–Kier alpha value is -4.37. The number of aromatic nitrogens is 2. The van der Waals surface area contributed by atoms with E-state index >= 15 is 0 Å². The Balaban J connectivity index is 1.73. The van der Waals surface area contributed by atoms with Crippen molar-refractivity contribution in [2.24, 2.45) is 0 Å². The van der Waals surface area contributed by atoms with E-state index in [1.165, 1.54) is 43.7 Å². The monoisotopic (exact) mass is 424 g/mol. The van der Waals surface area contributed by atoms with E-state index < -0.39 is 0 Å². The van der Waals surface area contributed by atoms with E-state index in [4.69, 9.17) is 4.74 Å². The number of nitrogens with zero attached hydrogens (tertiary/aromatic N) is 2. The van der Waals surface area contributed by atoms with E-state index in [0.29, 0.717) is 6.61 Å². The van der Waals surface area contributed by atoms with Crippen molar-refractivity contribution in [3.63, 3.8) is 0 Å². The first-order valence-corrected chi connectivity index (χ1v) is 11.2. The average Bonchev–Trinajstić information content (AvgIpc) is 3.25. The standard InChI is InChI=1S/C30H20N2O/c1-2-10-20(11-3-1)32-27-16-7-6-14-23(27)29-22-13-5-4-12-21(22)28-24(26-15-8-9-17-31-26)18-33-19-25(28)30(29)32/h1-18H,19H2. The minimum absolute atomic E-state index is 0.524. The molecule has 0 N–H and O–H groups in total. The Labute approximate surface area is 191 Å². The third-order valence-electron chi connectivity index (χ3n) is 6.58. The van der Waals surface area contributed by atoms with Crippen LogP contribution < -0.4 is 0 Å². The molecule has 0 spiro atoms. The van der Waals surface area contributed by atoms with Gasteiger partial charge in [0, 0.05) is 39.4 Å². The van der Waals surface area contributed by atoms with E-state index in [2.05, 4.69) is 94.5 Å². The number of fused-ring (bicyclic) bond motifs is 8. The van der Waals surface area contributed by atoms with Gasteiger partial charge in [0.15, 0.2) is 0 Å². The minimum atomic E-state index is 0.524. The van der Waals surface area contributed by atoms with Gasteiger partial charge in [0.2, 0.25) is 0 Å². The van der Waals surface area contributed by atoms with E-state index in [0.717, 1.165) is 17.0 Å². The van der Waals surface area contributed by atoms with Gasteiger partial charge in [0.25, 0.3) is 0 Å². The molecule has 0 radical (unpaired) electrons. The van der Waals surface area contributed by atoms with Crippen molar-refractivity contribution in [3.8, 4) is 5.69 Å². The van der Waals surface area contributed by atoms with Gasteiger partial charge in [-0.2, -0.15) is 0 Å². The fraction of sp³-hybridized carbons (Fsp3) is 0.0333. The lowest BCUT2D eigenvalue weighted by Crippen LogP contribution is -2.08. The summed E-state index contributed by atoms with van der Waals surface area (Å²) < 4.78 is 8.48. The number of pyridine rings is 1. The molecule has 2 aromatic heterocycles. The van der Waals surface area contributed by atoms with E-state index in [-0.39, 0.29) is 0 Å². The fourth-order valence-corrected chi connectivity index (χ4v) is 5.27. The number of hydrogen-bond donors (Lipinski definition) is 0. The average molecular weight is 425 g/mol. The maximum Gasteiger partial charge on any atom is 0.115 e. The number of para-hydroxylation sites is 2. The van der Waals surface area contributed by atoms with Crippen molar-refractivity contribution in [3.05, 3.63) is 126 Å². The van der Waals surface area contributed by atoms with Crippen molar-refractivity contribution >= 4 is 38.2 Å². The van der Waals surface area contributed by atoms with Crippen molar-refractivity contribution in [2.75, 3.05) is 0 Å². The molecule has 0 fully saturated rings. The number of hydrogen-bond acceptors (Lipinski definition) is 2. The van der Waals surface area contributed by atoms with Crippen LogP contribution in [0.2, 0.25) is 0 Å². The van der Waals surface area contributed by atoms with Crippen LogP contribution in [-0.2, 0) is 11.3 Å². The second-order valence-corrected chi connectivity index (χ2v) is 8.37.